The molecule has 2 rings (SSSR count). The van der Waals surface area contributed by atoms with Gasteiger partial charge in [-0.05, 0) is 62.2 Å². The molecule has 0 radical (unpaired) electrons. The molecule has 0 unspecified atom stereocenters. The van der Waals surface area contributed by atoms with Crippen molar-refractivity contribution in [2.75, 3.05) is 0 Å². The zero-order valence-electron chi connectivity index (χ0n) is 9.64. The largest absolute Gasteiger partial charge is 0.486 e. The van der Waals surface area contributed by atoms with E-state index >= 15 is 0 Å². The lowest BCUT2D eigenvalue weighted by Crippen LogP contribution is -2.01. The number of hydrogen-bond donors (Lipinski definition) is 1. The number of carboxylic acids is 1. The van der Waals surface area contributed by atoms with E-state index in [9.17, 15) is 4.79 Å². The lowest BCUT2D eigenvalue weighted by Gasteiger charge is -2.08. The summed E-state index contributed by atoms with van der Waals surface area (Å²) in [7, 11) is 0. The van der Waals surface area contributed by atoms with E-state index in [0.717, 1.165) is 10.2 Å². The monoisotopic (exact) mass is 385 g/mol. The third-order valence-electron chi connectivity index (χ3n) is 2.34. The Kier molecular flexibility index (Phi) is 4.55. The number of carboxylic acid groups (broad SMARTS) is 1. The van der Waals surface area contributed by atoms with Crippen molar-refractivity contribution in [3.63, 3.8) is 0 Å². The Morgan fingerprint density at radius 1 is 1.26 bits per heavy atom. The van der Waals surface area contributed by atoms with Crippen molar-refractivity contribution in [3.05, 3.63) is 56.7 Å². The summed E-state index contributed by atoms with van der Waals surface area (Å²) in [5, 5.41) is 8.93. The number of rotatable bonds is 4. The van der Waals surface area contributed by atoms with Crippen LogP contribution in [-0.2, 0) is 6.61 Å². The van der Waals surface area contributed by atoms with Crippen LogP contribution in [-0.4, -0.2) is 16.1 Å². The first-order valence-electron chi connectivity index (χ1n) is 5.32. The van der Waals surface area contributed by atoms with Crippen molar-refractivity contribution < 1.29 is 14.6 Å². The van der Waals surface area contributed by atoms with Crippen LogP contribution in [0.3, 0.4) is 0 Å². The number of nitrogens with zero attached hydrogens (tertiary/aromatic N) is 1. The van der Waals surface area contributed by atoms with E-state index < -0.39 is 5.97 Å². The maximum absolute atomic E-state index is 10.9. The van der Waals surface area contributed by atoms with Crippen molar-refractivity contribution in [2.45, 2.75) is 6.61 Å². The lowest BCUT2D eigenvalue weighted by atomic mass is 10.2. The number of ether oxygens (including phenoxy) is 1. The number of aromatic carboxylic acids is 1. The van der Waals surface area contributed by atoms with E-state index in [1.165, 1.54) is 12.1 Å². The van der Waals surface area contributed by atoms with Gasteiger partial charge in [-0.3, -0.25) is 4.98 Å². The third-order valence-corrected chi connectivity index (χ3v) is 3.47. The quantitative estimate of drug-likeness (QED) is 0.865. The highest BCUT2D eigenvalue weighted by Crippen LogP contribution is 2.26. The fraction of sp³-hybridized carbons (Fsp3) is 0.0769. The number of benzene rings is 1. The van der Waals surface area contributed by atoms with Crippen LogP contribution in [0.4, 0.5) is 0 Å². The fourth-order valence-electron chi connectivity index (χ4n) is 1.39. The minimum absolute atomic E-state index is 0.182. The second-order valence-electron chi connectivity index (χ2n) is 3.71. The summed E-state index contributed by atoms with van der Waals surface area (Å²) in [6, 6.07) is 8.34. The molecule has 1 aromatic heterocycles. The van der Waals surface area contributed by atoms with Gasteiger partial charge in [-0.15, -0.1) is 0 Å². The molecule has 1 N–H and O–H groups in total. The Labute approximate surface area is 126 Å². The van der Waals surface area contributed by atoms with Gasteiger partial charge in [0.2, 0.25) is 0 Å². The number of aromatic nitrogens is 1. The maximum Gasteiger partial charge on any atom is 0.335 e. The van der Waals surface area contributed by atoms with E-state index in [4.69, 9.17) is 9.84 Å². The summed E-state index contributed by atoms with van der Waals surface area (Å²) in [4.78, 5) is 15.1. The van der Waals surface area contributed by atoms with Gasteiger partial charge in [0.05, 0.1) is 15.7 Å². The van der Waals surface area contributed by atoms with Crippen LogP contribution in [0, 0.1) is 0 Å². The standard InChI is InChI=1S/C13H9Br2NO3/c14-9-2-3-10(16-6-9)7-19-12-5-8(13(17)18)1-4-11(12)15/h1-6H,7H2,(H,17,18). The normalized spacial score (nSPS) is 10.2. The van der Waals surface area contributed by atoms with Gasteiger partial charge in [-0.1, -0.05) is 0 Å². The predicted molar refractivity (Wildman–Crippen MR) is 77.4 cm³/mol. The van der Waals surface area contributed by atoms with E-state index in [1.54, 1.807) is 12.3 Å². The summed E-state index contributed by atoms with van der Waals surface area (Å²) in [6.45, 7) is 0.273. The fourth-order valence-corrected chi connectivity index (χ4v) is 1.99. The molecule has 1 heterocycles. The Bertz CT molecular complexity index is 599. The average Bonchev–Trinajstić information content (AvgIpc) is 2.39. The maximum atomic E-state index is 10.9. The van der Waals surface area contributed by atoms with Crippen LogP contribution in [0.15, 0.2) is 45.5 Å². The molecule has 0 aliphatic carbocycles. The molecular formula is C13H9Br2NO3. The average molecular weight is 387 g/mol. The molecule has 98 valence electrons. The number of hydrogen-bond acceptors (Lipinski definition) is 3. The molecule has 0 spiro atoms. The topological polar surface area (TPSA) is 59.4 Å². The molecule has 1 aromatic carbocycles. The van der Waals surface area contributed by atoms with Crippen molar-refractivity contribution >= 4 is 37.8 Å². The van der Waals surface area contributed by atoms with Gasteiger partial charge in [0.25, 0.3) is 0 Å². The minimum atomic E-state index is -0.987. The van der Waals surface area contributed by atoms with Crippen LogP contribution >= 0.6 is 31.9 Å². The van der Waals surface area contributed by atoms with Crippen molar-refractivity contribution in [1.29, 1.82) is 0 Å². The smallest absolute Gasteiger partial charge is 0.335 e. The molecule has 19 heavy (non-hydrogen) atoms. The molecule has 0 fully saturated rings. The predicted octanol–water partition coefficient (Wildman–Crippen LogP) is 3.88. The second-order valence-corrected chi connectivity index (χ2v) is 5.48. The molecule has 4 nitrogen and oxygen atoms in total. The van der Waals surface area contributed by atoms with Gasteiger partial charge in [-0.25, -0.2) is 4.79 Å². The molecule has 0 saturated heterocycles. The Hall–Kier alpha value is -1.40. The van der Waals surface area contributed by atoms with Crippen LogP contribution in [0.1, 0.15) is 16.1 Å². The van der Waals surface area contributed by atoms with Crippen molar-refractivity contribution in [1.82, 2.24) is 4.98 Å². The zero-order valence-corrected chi connectivity index (χ0v) is 12.8. The first kappa shape index (κ1) is 14.0. The summed E-state index contributed by atoms with van der Waals surface area (Å²) < 4.78 is 7.16. The first-order valence-corrected chi connectivity index (χ1v) is 6.91. The van der Waals surface area contributed by atoms with Gasteiger partial charge in [-0.2, -0.15) is 0 Å². The van der Waals surface area contributed by atoms with Crippen molar-refractivity contribution in [3.8, 4) is 5.75 Å². The number of halogens is 2. The molecule has 0 aliphatic rings. The molecule has 0 aliphatic heterocycles. The van der Waals surface area contributed by atoms with Crippen LogP contribution < -0.4 is 4.74 Å². The van der Waals surface area contributed by atoms with Crippen molar-refractivity contribution in [2.24, 2.45) is 0 Å². The second kappa shape index (κ2) is 6.16. The van der Waals surface area contributed by atoms with Gasteiger partial charge < -0.3 is 9.84 Å². The molecule has 6 heteroatoms. The summed E-state index contributed by atoms with van der Waals surface area (Å²) in [6.07, 6.45) is 1.68. The molecule has 0 atom stereocenters. The summed E-state index contributed by atoms with van der Waals surface area (Å²) in [5.41, 5.74) is 0.942. The Morgan fingerprint density at radius 3 is 2.68 bits per heavy atom. The van der Waals surface area contributed by atoms with Crippen LogP contribution in [0.25, 0.3) is 0 Å². The highest BCUT2D eigenvalue weighted by Gasteiger charge is 2.08. The number of pyridine rings is 1. The molecule has 0 saturated carbocycles. The van der Waals surface area contributed by atoms with Crippen LogP contribution in [0.2, 0.25) is 0 Å². The first-order chi connectivity index (χ1) is 9.06. The Balaban J connectivity index is 2.12. The molecule has 0 amide bonds. The number of carbonyl (C=O) groups is 1. The Morgan fingerprint density at radius 2 is 2.05 bits per heavy atom. The van der Waals surface area contributed by atoms with E-state index in [0.29, 0.717) is 10.2 Å². The van der Waals surface area contributed by atoms with Crippen LogP contribution in [0.5, 0.6) is 5.75 Å². The molecule has 0 bridgehead atoms. The lowest BCUT2D eigenvalue weighted by molar-refractivity contribution is 0.0696. The summed E-state index contributed by atoms with van der Waals surface area (Å²) >= 11 is 6.62. The van der Waals surface area contributed by atoms with Gasteiger partial charge in [0, 0.05) is 10.7 Å². The zero-order chi connectivity index (χ0) is 13.8. The highest BCUT2D eigenvalue weighted by molar-refractivity contribution is 9.10. The molecular weight excluding hydrogens is 378 g/mol. The van der Waals surface area contributed by atoms with Gasteiger partial charge in [0.15, 0.2) is 0 Å². The van der Waals surface area contributed by atoms with E-state index in [2.05, 4.69) is 36.8 Å². The van der Waals surface area contributed by atoms with Gasteiger partial charge >= 0.3 is 5.97 Å². The highest BCUT2D eigenvalue weighted by atomic mass is 79.9. The SMILES string of the molecule is O=C(O)c1ccc(Br)c(OCc2ccc(Br)cn2)c1. The van der Waals surface area contributed by atoms with E-state index in [1.807, 2.05) is 12.1 Å². The molecule has 2 aromatic rings. The third kappa shape index (κ3) is 3.78. The minimum Gasteiger partial charge on any atom is -0.486 e. The summed E-state index contributed by atoms with van der Waals surface area (Å²) in [5.74, 6) is -0.510. The van der Waals surface area contributed by atoms with E-state index in [-0.39, 0.29) is 12.2 Å². The van der Waals surface area contributed by atoms with Gasteiger partial charge in [0.1, 0.15) is 12.4 Å².